The number of amidine groups is 2. The van der Waals surface area contributed by atoms with Crippen LogP contribution >= 0.6 is 0 Å². The minimum Gasteiger partial charge on any atom is -0.380 e. The molecule has 0 amide bonds. The Morgan fingerprint density at radius 1 is 1.43 bits per heavy atom. The van der Waals surface area contributed by atoms with E-state index in [1.807, 2.05) is 13.0 Å². The van der Waals surface area contributed by atoms with Gasteiger partial charge in [-0.2, -0.15) is 18.4 Å². The van der Waals surface area contributed by atoms with Crippen molar-refractivity contribution in [1.82, 2.24) is 4.98 Å². The van der Waals surface area contributed by atoms with Crippen LogP contribution in [0.1, 0.15) is 31.7 Å². The summed E-state index contributed by atoms with van der Waals surface area (Å²) in [6, 6.07) is 4.79. The maximum absolute atomic E-state index is 12.4. The van der Waals surface area contributed by atoms with Crippen LogP contribution in [0.5, 0.6) is 0 Å². The fourth-order valence-electron chi connectivity index (χ4n) is 1.32. The van der Waals surface area contributed by atoms with Crippen molar-refractivity contribution < 1.29 is 13.2 Å². The SMILES string of the molecule is CCCCC(=Nc1ccc(C#N)cn1)N=C(N)C(F)(F)F. The Morgan fingerprint density at radius 3 is 2.62 bits per heavy atom. The predicted octanol–water partition coefficient (Wildman–Crippen LogP) is 3.09. The third-order valence-electron chi connectivity index (χ3n) is 2.41. The molecule has 0 saturated heterocycles. The van der Waals surface area contributed by atoms with Gasteiger partial charge in [0.25, 0.3) is 0 Å². The highest BCUT2D eigenvalue weighted by atomic mass is 19.4. The molecular weight excluding hydrogens is 283 g/mol. The fourth-order valence-corrected chi connectivity index (χ4v) is 1.32. The summed E-state index contributed by atoms with van der Waals surface area (Å²) in [5.41, 5.74) is 5.24. The molecule has 1 heterocycles. The number of aromatic nitrogens is 1. The molecule has 0 spiro atoms. The first kappa shape index (κ1) is 16.6. The maximum Gasteiger partial charge on any atom is 0.449 e. The zero-order valence-electron chi connectivity index (χ0n) is 11.4. The van der Waals surface area contributed by atoms with Gasteiger partial charge in [0.05, 0.1) is 5.56 Å². The van der Waals surface area contributed by atoms with E-state index >= 15 is 0 Å². The van der Waals surface area contributed by atoms with E-state index in [0.29, 0.717) is 12.0 Å². The van der Waals surface area contributed by atoms with Gasteiger partial charge >= 0.3 is 6.18 Å². The largest absolute Gasteiger partial charge is 0.449 e. The highest BCUT2D eigenvalue weighted by Gasteiger charge is 2.33. The molecule has 0 aliphatic heterocycles. The molecule has 2 N–H and O–H groups in total. The van der Waals surface area contributed by atoms with Gasteiger partial charge in [0.2, 0.25) is 5.84 Å². The van der Waals surface area contributed by atoms with Crippen molar-refractivity contribution in [2.45, 2.75) is 32.4 Å². The molecule has 5 nitrogen and oxygen atoms in total. The molecule has 1 rings (SSSR count). The number of hydrogen-bond acceptors (Lipinski definition) is 3. The molecule has 0 aliphatic carbocycles. The van der Waals surface area contributed by atoms with Gasteiger partial charge in [-0.3, -0.25) is 0 Å². The van der Waals surface area contributed by atoms with Gasteiger partial charge in [0, 0.05) is 12.6 Å². The minimum absolute atomic E-state index is 0.0381. The molecular formula is C13H14F3N5. The molecule has 0 saturated carbocycles. The second kappa shape index (κ2) is 7.38. The van der Waals surface area contributed by atoms with Crippen molar-refractivity contribution in [1.29, 1.82) is 5.26 Å². The van der Waals surface area contributed by atoms with Gasteiger partial charge in [-0.15, -0.1) is 0 Å². The van der Waals surface area contributed by atoms with Gasteiger partial charge < -0.3 is 5.73 Å². The van der Waals surface area contributed by atoms with E-state index in [1.54, 1.807) is 0 Å². The number of rotatable bonds is 4. The van der Waals surface area contributed by atoms with E-state index in [9.17, 15) is 13.2 Å². The second-order valence-corrected chi connectivity index (χ2v) is 4.14. The summed E-state index contributed by atoms with van der Waals surface area (Å²) < 4.78 is 37.2. The first-order chi connectivity index (χ1) is 9.86. The van der Waals surface area contributed by atoms with Gasteiger partial charge in [-0.05, 0) is 18.6 Å². The van der Waals surface area contributed by atoms with Crippen molar-refractivity contribution in [3.63, 3.8) is 0 Å². The first-order valence-corrected chi connectivity index (χ1v) is 6.22. The maximum atomic E-state index is 12.4. The second-order valence-electron chi connectivity index (χ2n) is 4.14. The summed E-state index contributed by atoms with van der Waals surface area (Å²) in [6.45, 7) is 1.90. The van der Waals surface area contributed by atoms with Gasteiger partial charge in [-0.1, -0.05) is 13.3 Å². The molecule has 0 unspecified atom stereocenters. The lowest BCUT2D eigenvalue weighted by Crippen LogP contribution is -2.32. The highest BCUT2D eigenvalue weighted by molar-refractivity contribution is 5.99. The summed E-state index contributed by atoms with van der Waals surface area (Å²) in [4.78, 5) is 11.2. The molecule has 0 bridgehead atoms. The molecule has 1 aromatic rings. The number of halogens is 3. The molecule has 0 aromatic carbocycles. The van der Waals surface area contributed by atoms with Crippen LogP contribution in [-0.4, -0.2) is 22.8 Å². The molecule has 0 atom stereocenters. The predicted molar refractivity (Wildman–Crippen MR) is 73.2 cm³/mol. The topological polar surface area (TPSA) is 87.4 Å². The number of nitriles is 1. The monoisotopic (exact) mass is 297 g/mol. The van der Waals surface area contributed by atoms with E-state index in [0.717, 1.165) is 6.42 Å². The number of pyridine rings is 1. The molecule has 0 fully saturated rings. The Morgan fingerprint density at radius 2 is 2.14 bits per heavy atom. The van der Waals surface area contributed by atoms with E-state index in [1.165, 1.54) is 18.3 Å². The van der Waals surface area contributed by atoms with Crippen LogP contribution in [-0.2, 0) is 0 Å². The zero-order valence-corrected chi connectivity index (χ0v) is 11.4. The molecule has 21 heavy (non-hydrogen) atoms. The smallest absolute Gasteiger partial charge is 0.380 e. The van der Waals surface area contributed by atoms with Crippen LogP contribution in [0, 0.1) is 11.3 Å². The van der Waals surface area contributed by atoms with Crippen LogP contribution in [0.4, 0.5) is 19.0 Å². The van der Waals surface area contributed by atoms with Crippen LogP contribution < -0.4 is 5.73 Å². The summed E-state index contributed by atoms with van der Waals surface area (Å²) >= 11 is 0. The zero-order chi connectivity index (χ0) is 15.9. The van der Waals surface area contributed by atoms with Gasteiger partial charge in [0.15, 0.2) is 5.82 Å². The van der Waals surface area contributed by atoms with Crippen LogP contribution in [0.2, 0.25) is 0 Å². The first-order valence-electron chi connectivity index (χ1n) is 6.22. The number of nitrogens with two attached hydrogens (primary N) is 1. The summed E-state index contributed by atoms with van der Waals surface area (Å²) in [5, 5.41) is 8.65. The summed E-state index contributed by atoms with van der Waals surface area (Å²) in [7, 11) is 0. The Hall–Kier alpha value is -2.43. The van der Waals surface area contributed by atoms with Crippen LogP contribution in [0.15, 0.2) is 28.3 Å². The van der Waals surface area contributed by atoms with E-state index in [-0.39, 0.29) is 18.1 Å². The Labute approximate surface area is 120 Å². The Balaban J connectivity index is 3.06. The summed E-state index contributed by atoms with van der Waals surface area (Å²) in [5.74, 6) is -1.30. The van der Waals surface area contributed by atoms with E-state index in [4.69, 9.17) is 11.0 Å². The van der Waals surface area contributed by atoms with E-state index < -0.39 is 12.0 Å². The summed E-state index contributed by atoms with van der Waals surface area (Å²) in [6.07, 6.45) is -1.74. The average Bonchev–Trinajstić information content (AvgIpc) is 2.44. The number of nitrogens with zero attached hydrogens (tertiary/aromatic N) is 4. The molecule has 8 heteroatoms. The van der Waals surface area contributed by atoms with Crippen LogP contribution in [0.3, 0.4) is 0 Å². The quantitative estimate of drug-likeness (QED) is 0.684. The Bertz CT molecular complexity index is 567. The third kappa shape index (κ3) is 5.60. The average molecular weight is 297 g/mol. The van der Waals surface area contributed by atoms with Crippen molar-refractivity contribution in [2.24, 2.45) is 15.7 Å². The van der Waals surface area contributed by atoms with Gasteiger partial charge in [-0.25, -0.2) is 15.0 Å². The Kier molecular flexibility index (Phi) is 5.84. The number of alkyl halides is 3. The van der Waals surface area contributed by atoms with Gasteiger partial charge in [0.1, 0.15) is 11.9 Å². The lowest BCUT2D eigenvalue weighted by atomic mass is 10.2. The molecule has 112 valence electrons. The molecule has 1 aromatic heterocycles. The van der Waals surface area contributed by atoms with Crippen LogP contribution in [0.25, 0.3) is 0 Å². The van der Waals surface area contributed by atoms with Crippen molar-refractivity contribution in [3.05, 3.63) is 23.9 Å². The number of unbranched alkanes of at least 4 members (excludes halogenated alkanes) is 1. The third-order valence-corrected chi connectivity index (χ3v) is 2.41. The number of hydrogen-bond donors (Lipinski definition) is 1. The number of aliphatic imine (C=N–C) groups is 2. The lowest BCUT2D eigenvalue weighted by molar-refractivity contribution is -0.0597. The highest BCUT2D eigenvalue weighted by Crippen LogP contribution is 2.16. The van der Waals surface area contributed by atoms with Crippen molar-refractivity contribution >= 4 is 17.5 Å². The molecule has 0 radical (unpaired) electrons. The fraction of sp³-hybridized carbons (Fsp3) is 0.385. The van der Waals surface area contributed by atoms with Crippen molar-refractivity contribution in [3.8, 4) is 6.07 Å². The standard InChI is InChI=1S/C13H14F3N5/c1-2-3-4-11(21-12(18)13(14,15)16)20-10-6-5-9(7-17)8-19-10/h5-6,8H,2-4H2,1H3,(H2,18,19,20,21). The van der Waals surface area contributed by atoms with Crippen molar-refractivity contribution in [2.75, 3.05) is 0 Å². The minimum atomic E-state index is -4.69. The normalized spacial score (nSPS) is 13.1. The lowest BCUT2D eigenvalue weighted by Gasteiger charge is -2.06. The molecule has 0 aliphatic rings. The van der Waals surface area contributed by atoms with E-state index in [2.05, 4.69) is 15.0 Å².